The second-order valence-electron chi connectivity index (χ2n) is 5.88. The van der Waals surface area contributed by atoms with Gasteiger partial charge in [0.05, 0.1) is 10.6 Å². The van der Waals surface area contributed by atoms with E-state index >= 15 is 0 Å². The first-order valence-corrected chi connectivity index (χ1v) is 8.56. The standard InChI is InChI=1S/C17H20Cl2N2O/c18-13-6-7-15(16(19)12-13)17(22)21-10-8-20(9-11-21)14-4-2-1-3-5-14/h2,4,6-7,12,14H,1,3,5,8-11H2. The van der Waals surface area contributed by atoms with E-state index in [1.807, 2.05) is 4.90 Å². The maximum absolute atomic E-state index is 12.6. The Balaban J connectivity index is 1.62. The first-order valence-electron chi connectivity index (χ1n) is 7.80. The first kappa shape index (κ1) is 15.9. The lowest BCUT2D eigenvalue weighted by Crippen LogP contribution is -2.51. The molecule has 0 N–H and O–H groups in total. The van der Waals surface area contributed by atoms with E-state index in [9.17, 15) is 4.79 Å². The molecule has 1 aliphatic carbocycles. The predicted octanol–water partition coefficient (Wildman–Crippen LogP) is 3.86. The third kappa shape index (κ3) is 3.48. The Bertz CT molecular complexity index is 580. The average Bonchev–Trinajstić information content (AvgIpc) is 2.55. The molecule has 0 saturated carbocycles. The largest absolute Gasteiger partial charge is 0.336 e. The number of carbonyl (C=O) groups is 1. The van der Waals surface area contributed by atoms with E-state index in [4.69, 9.17) is 23.2 Å². The van der Waals surface area contributed by atoms with Gasteiger partial charge in [-0.15, -0.1) is 0 Å². The number of rotatable bonds is 2. The molecule has 0 spiro atoms. The van der Waals surface area contributed by atoms with Crippen LogP contribution in [0, 0.1) is 0 Å². The molecule has 1 aromatic rings. The molecule has 1 fully saturated rings. The number of piperazine rings is 1. The maximum atomic E-state index is 12.6. The summed E-state index contributed by atoms with van der Waals surface area (Å²) in [6.07, 6.45) is 8.29. The molecule has 22 heavy (non-hydrogen) atoms. The number of amides is 1. The van der Waals surface area contributed by atoms with Gasteiger partial charge in [-0.2, -0.15) is 0 Å². The minimum Gasteiger partial charge on any atom is -0.336 e. The Morgan fingerprint density at radius 3 is 2.55 bits per heavy atom. The molecule has 2 aliphatic rings. The van der Waals surface area contributed by atoms with E-state index < -0.39 is 0 Å². The van der Waals surface area contributed by atoms with Crippen LogP contribution in [0.15, 0.2) is 30.4 Å². The summed E-state index contributed by atoms with van der Waals surface area (Å²) in [5, 5.41) is 0.977. The second-order valence-corrected chi connectivity index (χ2v) is 6.72. The van der Waals surface area contributed by atoms with Crippen molar-refractivity contribution in [2.45, 2.75) is 25.3 Å². The zero-order valence-corrected chi connectivity index (χ0v) is 14.0. The van der Waals surface area contributed by atoms with Crippen molar-refractivity contribution in [3.8, 4) is 0 Å². The number of carbonyl (C=O) groups excluding carboxylic acids is 1. The van der Waals surface area contributed by atoms with Gasteiger partial charge in [-0.3, -0.25) is 9.69 Å². The van der Waals surface area contributed by atoms with Crippen LogP contribution in [0.4, 0.5) is 0 Å². The SMILES string of the molecule is O=C(c1ccc(Cl)cc1Cl)N1CCN(C2C=CCCC2)CC1. The Morgan fingerprint density at radius 1 is 1.14 bits per heavy atom. The van der Waals surface area contributed by atoms with Crippen LogP contribution in [0.25, 0.3) is 0 Å². The van der Waals surface area contributed by atoms with Gasteiger partial charge in [-0.25, -0.2) is 0 Å². The van der Waals surface area contributed by atoms with Crippen LogP contribution in [-0.2, 0) is 0 Å². The molecule has 1 amide bonds. The molecule has 0 bridgehead atoms. The number of halogens is 2. The predicted molar refractivity (Wildman–Crippen MR) is 90.7 cm³/mol. The minimum absolute atomic E-state index is 0.000466. The van der Waals surface area contributed by atoms with Crippen LogP contribution in [0.5, 0.6) is 0 Å². The summed E-state index contributed by atoms with van der Waals surface area (Å²) >= 11 is 12.0. The summed E-state index contributed by atoms with van der Waals surface area (Å²) in [5.41, 5.74) is 0.539. The molecule has 1 heterocycles. The molecule has 5 heteroatoms. The van der Waals surface area contributed by atoms with Gasteiger partial charge in [0, 0.05) is 37.2 Å². The number of allylic oxidation sites excluding steroid dienone is 1. The lowest BCUT2D eigenvalue weighted by Gasteiger charge is -2.39. The van der Waals surface area contributed by atoms with Crippen molar-refractivity contribution in [2.75, 3.05) is 26.2 Å². The quantitative estimate of drug-likeness (QED) is 0.764. The normalized spacial score (nSPS) is 22.8. The van der Waals surface area contributed by atoms with Crippen LogP contribution >= 0.6 is 23.2 Å². The highest BCUT2D eigenvalue weighted by molar-refractivity contribution is 6.36. The number of nitrogens with zero attached hydrogens (tertiary/aromatic N) is 2. The van der Waals surface area contributed by atoms with Crippen molar-refractivity contribution in [3.05, 3.63) is 46.0 Å². The van der Waals surface area contributed by atoms with Crippen LogP contribution in [0.2, 0.25) is 10.0 Å². The molecule has 0 radical (unpaired) electrons. The number of benzene rings is 1. The molecule has 0 aromatic heterocycles. The zero-order chi connectivity index (χ0) is 15.5. The highest BCUT2D eigenvalue weighted by Gasteiger charge is 2.26. The van der Waals surface area contributed by atoms with Crippen LogP contribution < -0.4 is 0 Å². The molecule has 3 nitrogen and oxygen atoms in total. The molecule has 118 valence electrons. The summed E-state index contributed by atoms with van der Waals surface area (Å²) in [7, 11) is 0. The summed E-state index contributed by atoms with van der Waals surface area (Å²) in [4.78, 5) is 16.9. The fourth-order valence-electron chi connectivity index (χ4n) is 3.19. The third-order valence-corrected chi connectivity index (χ3v) is 5.01. The van der Waals surface area contributed by atoms with Crippen molar-refractivity contribution >= 4 is 29.1 Å². The smallest absolute Gasteiger partial charge is 0.255 e. The average molecular weight is 339 g/mol. The van der Waals surface area contributed by atoms with Crippen LogP contribution in [0.1, 0.15) is 29.6 Å². The molecular formula is C17H20Cl2N2O. The van der Waals surface area contributed by atoms with Gasteiger partial charge in [-0.1, -0.05) is 35.4 Å². The zero-order valence-electron chi connectivity index (χ0n) is 12.5. The topological polar surface area (TPSA) is 23.6 Å². The van der Waals surface area contributed by atoms with Crippen molar-refractivity contribution in [1.29, 1.82) is 0 Å². The first-order chi connectivity index (χ1) is 10.6. The van der Waals surface area contributed by atoms with Gasteiger partial charge in [0.15, 0.2) is 0 Å². The van der Waals surface area contributed by atoms with Gasteiger partial charge in [-0.05, 0) is 37.5 Å². The lowest BCUT2D eigenvalue weighted by molar-refractivity contribution is 0.0593. The Hall–Kier alpha value is -1.03. The summed E-state index contributed by atoms with van der Waals surface area (Å²) < 4.78 is 0. The Morgan fingerprint density at radius 2 is 1.91 bits per heavy atom. The van der Waals surface area contributed by atoms with Gasteiger partial charge in [0.2, 0.25) is 0 Å². The Labute approximate surface area is 141 Å². The van der Waals surface area contributed by atoms with Crippen molar-refractivity contribution in [3.63, 3.8) is 0 Å². The molecular weight excluding hydrogens is 319 g/mol. The lowest BCUT2D eigenvalue weighted by atomic mass is 10.0. The monoisotopic (exact) mass is 338 g/mol. The minimum atomic E-state index is 0.000466. The van der Waals surface area contributed by atoms with E-state index in [1.54, 1.807) is 18.2 Å². The highest BCUT2D eigenvalue weighted by Crippen LogP contribution is 2.24. The molecule has 1 aromatic carbocycles. The van der Waals surface area contributed by atoms with E-state index in [2.05, 4.69) is 17.1 Å². The van der Waals surface area contributed by atoms with E-state index in [1.165, 1.54) is 19.3 Å². The number of hydrogen-bond acceptors (Lipinski definition) is 2. The van der Waals surface area contributed by atoms with E-state index in [-0.39, 0.29) is 5.91 Å². The molecule has 1 atom stereocenters. The summed E-state index contributed by atoms with van der Waals surface area (Å²) in [6.45, 7) is 3.35. The fraction of sp³-hybridized carbons (Fsp3) is 0.471. The fourth-order valence-corrected chi connectivity index (χ4v) is 3.68. The molecule has 1 aliphatic heterocycles. The van der Waals surface area contributed by atoms with Crippen molar-refractivity contribution in [1.82, 2.24) is 9.80 Å². The number of hydrogen-bond donors (Lipinski definition) is 0. The van der Waals surface area contributed by atoms with Crippen LogP contribution in [-0.4, -0.2) is 47.9 Å². The van der Waals surface area contributed by atoms with Gasteiger partial charge < -0.3 is 4.90 Å². The maximum Gasteiger partial charge on any atom is 0.255 e. The summed E-state index contributed by atoms with van der Waals surface area (Å²) in [5.74, 6) is 0.000466. The van der Waals surface area contributed by atoms with Gasteiger partial charge in [0.1, 0.15) is 0 Å². The second kappa shape index (κ2) is 7.03. The van der Waals surface area contributed by atoms with Gasteiger partial charge >= 0.3 is 0 Å². The van der Waals surface area contributed by atoms with E-state index in [0.29, 0.717) is 21.7 Å². The molecule has 1 saturated heterocycles. The van der Waals surface area contributed by atoms with E-state index in [0.717, 1.165) is 26.2 Å². The van der Waals surface area contributed by atoms with Crippen LogP contribution in [0.3, 0.4) is 0 Å². The molecule has 1 unspecified atom stereocenters. The Kier molecular flexibility index (Phi) is 5.07. The van der Waals surface area contributed by atoms with Crippen molar-refractivity contribution < 1.29 is 4.79 Å². The van der Waals surface area contributed by atoms with Gasteiger partial charge in [0.25, 0.3) is 5.91 Å². The summed E-state index contributed by atoms with van der Waals surface area (Å²) in [6, 6.07) is 5.59. The van der Waals surface area contributed by atoms with Crippen molar-refractivity contribution in [2.24, 2.45) is 0 Å². The molecule has 3 rings (SSSR count). The third-order valence-electron chi connectivity index (χ3n) is 4.46. The highest BCUT2D eigenvalue weighted by atomic mass is 35.5.